The maximum atomic E-state index is 14.5. The number of hydrogen-bond donors (Lipinski definition) is 1. The zero-order valence-electron chi connectivity index (χ0n) is 20.1. The van der Waals surface area contributed by atoms with Gasteiger partial charge in [-0.25, -0.2) is 9.18 Å². The molecule has 2 atom stereocenters. The molecule has 2 aromatic carbocycles. The molecule has 0 saturated carbocycles. The fourth-order valence-electron chi connectivity index (χ4n) is 3.62. The lowest BCUT2D eigenvalue weighted by Gasteiger charge is -2.34. The lowest BCUT2D eigenvalue weighted by molar-refractivity contribution is -0.177. The summed E-state index contributed by atoms with van der Waals surface area (Å²) in [5.74, 6) is -5.63. The molecule has 0 bridgehead atoms. The van der Waals surface area contributed by atoms with E-state index in [1.807, 2.05) is 6.07 Å². The van der Waals surface area contributed by atoms with Crippen molar-refractivity contribution in [2.45, 2.75) is 25.7 Å². The summed E-state index contributed by atoms with van der Waals surface area (Å²) in [5.41, 5.74) is 0.583. The van der Waals surface area contributed by atoms with E-state index in [-0.39, 0.29) is 31.0 Å². The minimum absolute atomic E-state index is 0.0246. The van der Waals surface area contributed by atoms with Crippen molar-refractivity contribution >= 4 is 35.4 Å². The van der Waals surface area contributed by atoms with Crippen LogP contribution < -0.4 is 4.90 Å². The fourth-order valence-corrected chi connectivity index (χ4v) is 3.62. The van der Waals surface area contributed by atoms with Crippen molar-refractivity contribution in [1.29, 1.82) is 0 Å². The predicted molar refractivity (Wildman–Crippen MR) is 125 cm³/mol. The number of benzene rings is 2. The van der Waals surface area contributed by atoms with Gasteiger partial charge in [-0.05, 0) is 23.8 Å². The number of carboxylic acids is 1. The first kappa shape index (κ1) is 27.3. The van der Waals surface area contributed by atoms with Gasteiger partial charge in [0.05, 0.1) is 6.61 Å². The quantitative estimate of drug-likeness (QED) is 0.490. The second kappa shape index (κ2) is 12.1. The standard InChI is InChI=1S/C25H25FN2O9/c1-15(29)37-22(25(33)34)21-24(32)28(8-9-35-21)19-11-17(10-18(26)12-19)23(31)27(2)13-20(30)36-14-16-6-4-3-5-7-16/h3-7,10-12,21-22H,8-9,13-14H2,1-2H3,(H,33,34)/t21-,22-/m1/s1. The van der Waals surface area contributed by atoms with E-state index in [4.69, 9.17) is 14.2 Å². The SMILES string of the molecule is CC(=O)O[C@@H](C(=O)O)[C@H]1OCCN(c2cc(F)cc(C(=O)N(C)CC(=O)OCc3ccccc3)c2)C1=O. The molecule has 11 nitrogen and oxygen atoms in total. The Balaban J connectivity index is 1.72. The molecule has 1 fully saturated rings. The van der Waals surface area contributed by atoms with Crippen molar-refractivity contribution < 1.29 is 47.7 Å². The Morgan fingerprint density at radius 2 is 1.89 bits per heavy atom. The molecule has 1 heterocycles. The summed E-state index contributed by atoms with van der Waals surface area (Å²) >= 11 is 0. The van der Waals surface area contributed by atoms with Gasteiger partial charge >= 0.3 is 17.9 Å². The Kier molecular flexibility index (Phi) is 8.90. The van der Waals surface area contributed by atoms with Crippen LogP contribution in [0.2, 0.25) is 0 Å². The molecule has 0 spiro atoms. The number of amides is 2. The molecule has 37 heavy (non-hydrogen) atoms. The summed E-state index contributed by atoms with van der Waals surface area (Å²) in [7, 11) is 1.34. The third-order valence-corrected chi connectivity index (χ3v) is 5.33. The van der Waals surface area contributed by atoms with Crippen LogP contribution in [0.3, 0.4) is 0 Å². The number of anilines is 1. The highest BCUT2D eigenvalue weighted by molar-refractivity contribution is 6.02. The van der Waals surface area contributed by atoms with Gasteiger partial charge in [-0.2, -0.15) is 0 Å². The number of likely N-dealkylation sites (N-methyl/N-ethyl adjacent to an activating group) is 1. The molecule has 0 aliphatic carbocycles. The number of rotatable bonds is 9. The first-order chi connectivity index (χ1) is 17.6. The number of hydrogen-bond acceptors (Lipinski definition) is 8. The lowest BCUT2D eigenvalue weighted by Crippen LogP contribution is -2.55. The van der Waals surface area contributed by atoms with Crippen molar-refractivity contribution in [2.75, 3.05) is 31.6 Å². The number of aliphatic carboxylic acids is 1. The third kappa shape index (κ3) is 7.10. The summed E-state index contributed by atoms with van der Waals surface area (Å²) in [5, 5.41) is 9.37. The predicted octanol–water partition coefficient (Wildman–Crippen LogP) is 1.39. The van der Waals surface area contributed by atoms with Crippen LogP contribution in [0.25, 0.3) is 0 Å². The van der Waals surface area contributed by atoms with E-state index in [9.17, 15) is 33.5 Å². The highest BCUT2D eigenvalue weighted by Gasteiger charge is 2.42. The average molecular weight is 516 g/mol. The molecule has 3 rings (SSSR count). The maximum Gasteiger partial charge on any atom is 0.348 e. The van der Waals surface area contributed by atoms with E-state index in [2.05, 4.69) is 0 Å². The first-order valence-corrected chi connectivity index (χ1v) is 11.2. The number of halogens is 1. The zero-order valence-corrected chi connectivity index (χ0v) is 20.1. The summed E-state index contributed by atoms with van der Waals surface area (Å²) < 4.78 is 29.6. The van der Waals surface area contributed by atoms with Crippen molar-refractivity contribution in [3.8, 4) is 0 Å². The van der Waals surface area contributed by atoms with Crippen LogP contribution in [-0.2, 0) is 40.0 Å². The van der Waals surface area contributed by atoms with Gasteiger partial charge < -0.3 is 29.1 Å². The van der Waals surface area contributed by atoms with Gasteiger partial charge in [0, 0.05) is 31.8 Å². The van der Waals surface area contributed by atoms with Crippen LogP contribution in [0.5, 0.6) is 0 Å². The fraction of sp³-hybridized carbons (Fsp3) is 0.320. The van der Waals surface area contributed by atoms with Crippen LogP contribution >= 0.6 is 0 Å². The molecule has 0 aromatic heterocycles. The normalized spacial score (nSPS) is 16.0. The summed E-state index contributed by atoms with van der Waals surface area (Å²) in [6, 6.07) is 12.1. The largest absolute Gasteiger partial charge is 0.478 e. The number of esters is 2. The molecule has 2 aromatic rings. The van der Waals surface area contributed by atoms with Gasteiger partial charge in [0.25, 0.3) is 11.8 Å². The molecule has 0 radical (unpaired) electrons. The Hall–Kier alpha value is -4.32. The molecule has 12 heteroatoms. The smallest absolute Gasteiger partial charge is 0.348 e. The molecule has 1 aliphatic rings. The molecule has 1 saturated heterocycles. The van der Waals surface area contributed by atoms with E-state index in [1.165, 1.54) is 13.1 Å². The Bertz CT molecular complexity index is 1190. The van der Waals surface area contributed by atoms with Crippen molar-refractivity contribution in [3.05, 3.63) is 65.5 Å². The number of carbonyl (C=O) groups excluding carboxylic acids is 4. The van der Waals surface area contributed by atoms with E-state index in [0.717, 1.165) is 34.4 Å². The van der Waals surface area contributed by atoms with Crippen molar-refractivity contribution in [1.82, 2.24) is 4.90 Å². The molecule has 1 N–H and O–H groups in total. The van der Waals surface area contributed by atoms with Gasteiger partial charge in [-0.1, -0.05) is 30.3 Å². The van der Waals surface area contributed by atoms with Crippen LogP contribution in [0.1, 0.15) is 22.8 Å². The monoisotopic (exact) mass is 516 g/mol. The highest BCUT2D eigenvalue weighted by atomic mass is 19.1. The lowest BCUT2D eigenvalue weighted by atomic mass is 10.1. The highest BCUT2D eigenvalue weighted by Crippen LogP contribution is 2.24. The van der Waals surface area contributed by atoms with Gasteiger partial charge in [-0.3, -0.25) is 19.2 Å². The zero-order chi connectivity index (χ0) is 27.1. The van der Waals surface area contributed by atoms with Crippen molar-refractivity contribution in [2.24, 2.45) is 0 Å². The van der Waals surface area contributed by atoms with Gasteiger partial charge in [0.2, 0.25) is 6.10 Å². The first-order valence-electron chi connectivity index (χ1n) is 11.2. The Morgan fingerprint density at radius 3 is 2.54 bits per heavy atom. The third-order valence-electron chi connectivity index (χ3n) is 5.33. The van der Waals surface area contributed by atoms with Crippen LogP contribution in [-0.4, -0.2) is 78.7 Å². The molecule has 196 valence electrons. The van der Waals surface area contributed by atoms with Gasteiger partial charge in [0.15, 0.2) is 6.10 Å². The number of carboxylic acid groups (broad SMARTS) is 1. The second-order valence-electron chi connectivity index (χ2n) is 8.16. The topological polar surface area (TPSA) is 140 Å². The minimum Gasteiger partial charge on any atom is -0.478 e. The average Bonchev–Trinajstić information content (AvgIpc) is 2.86. The van der Waals surface area contributed by atoms with Crippen LogP contribution in [0, 0.1) is 5.82 Å². The molecular weight excluding hydrogens is 491 g/mol. The van der Waals surface area contributed by atoms with E-state index >= 15 is 0 Å². The van der Waals surface area contributed by atoms with Crippen LogP contribution in [0.4, 0.5) is 10.1 Å². The molecular formula is C25H25FN2O9. The van der Waals surface area contributed by atoms with E-state index < -0.39 is 54.3 Å². The summed E-state index contributed by atoms with van der Waals surface area (Å²) in [4.78, 5) is 63.0. The molecule has 2 amide bonds. The number of nitrogens with zero attached hydrogens (tertiary/aromatic N) is 2. The minimum atomic E-state index is -1.91. The van der Waals surface area contributed by atoms with Crippen LogP contribution in [0.15, 0.2) is 48.5 Å². The Labute approximate surface area is 211 Å². The maximum absolute atomic E-state index is 14.5. The number of ether oxygens (including phenoxy) is 3. The summed E-state index contributed by atoms with van der Waals surface area (Å²) in [6.45, 7) is 0.407. The van der Waals surface area contributed by atoms with Gasteiger partial charge in [0.1, 0.15) is 19.0 Å². The second-order valence-corrected chi connectivity index (χ2v) is 8.16. The number of morpholine rings is 1. The Morgan fingerprint density at radius 1 is 1.19 bits per heavy atom. The van der Waals surface area contributed by atoms with E-state index in [1.54, 1.807) is 24.3 Å². The molecule has 0 unspecified atom stereocenters. The van der Waals surface area contributed by atoms with Gasteiger partial charge in [-0.15, -0.1) is 0 Å². The summed E-state index contributed by atoms with van der Waals surface area (Å²) in [6.07, 6.45) is -3.57. The van der Waals surface area contributed by atoms with E-state index in [0.29, 0.717) is 0 Å². The number of carbonyl (C=O) groups is 5. The van der Waals surface area contributed by atoms with Crippen molar-refractivity contribution in [3.63, 3.8) is 0 Å². The molecule has 1 aliphatic heterocycles.